The molecule has 1 aliphatic carbocycles. The second-order valence-corrected chi connectivity index (χ2v) is 5.48. The molecular formula is C13H24N2O. The van der Waals surface area contributed by atoms with Gasteiger partial charge in [0, 0.05) is 12.5 Å². The molecule has 0 radical (unpaired) electrons. The lowest BCUT2D eigenvalue weighted by Crippen LogP contribution is -2.40. The van der Waals surface area contributed by atoms with Crippen LogP contribution in [-0.2, 0) is 4.79 Å². The van der Waals surface area contributed by atoms with Crippen molar-refractivity contribution in [2.45, 2.75) is 44.9 Å². The van der Waals surface area contributed by atoms with Crippen molar-refractivity contribution in [2.75, 3.05) is 19.6 Å². The topological polar surface area (TPSA) is 46.3 Å². The van der Waals surface area contributed by atoms with E-state index < -0.39 is 0 Å². The molecule has 2 fully saturated rings. The highest BCUT2D eigenvalue weighted by Gasteiger charge is 2.25. The molecule has 0 unspecified atom stereocenters. The molecule has 16 heavy (non-hydrogen) atoms. The minimum Gasteiger partial charge on any atom is -0.369 e. The SMILES string of the molecule is NC(=O)C1CCN(CC2CCCCC2)CC1. The van der Waals surface area contributed by atoms with Gasteiger partial charge in [0.25, 0.3) is 0 Å². The molecule has 0 aromatic carbocycles. The summed E-state index contributed by atoms with van der Waals surface area (Å²) in [5.41, 5.74) is 5.34. The Morgan fingerprint density at radius 3 is 2.25 bits per heavy atom. The first-order chi connectivity index (χ1) is 7.75. The molecule has 2 rings (SSSR count). The Labute approximate surface area is 98.4 Å². The second-order valence-electron chi connectivity index (χ2n) is 5.48. The Morgan fingerprint density at radius 1 is 1.06 bits per heavy atom. The molecule has 2 N–H and O–H groups in total. The van der Waals surface area contributed by atoms with E-state index in [0.29, 0.717) is 0 Å². The Balaban J connectivity index is 1.70. The molecule has 92 valence electrons. The lowest BCUT2D eigenvalue weighted by Gasteiger charge is -2.34. The fourth-order valence-corrected chi connectivity index (χ4v) is 3.13. The van der Waals surface area contributed by atoms with Crippen LogP contribution in [0, 0.1) is 11.8 Å². The standard InChI is InChI=1S/C13H24N2O/c14-13(16)12-6-8-15(9-7-12)10-11-4-2-1-3-5-11/h11-12H,1-10H2,(H2,14,16). The van der Waals surface area contributed by atoms with Crippen molar-refractivity contribution < 1.29 is 4.79 Å². The smallest absolute Gasteiger partial charge is 0.220 e. The third kappa shape index (κ3) is 3.21. The number of likely N-dealkylation sites (tertiary alicyclic amines) is 1. The van der Waals surface area contributed by atoms with E-state index in [2.05, 4.69) is 4.90 Å². The van der Waals surface area contributed by atoms with E-state index in [0.717, 1.165) is 31.8 Å². The highest BCUT2D eigenvalue weighted by Crippen LogP contribution is 2.26. The number of nitrogens with two attached hydrogens (primary N) is 1. The molecule has 0 atom stereocenters. The van der Waals surface area contributed by atoms with Crippen molar-refractivity contribution >= 4 is 5.91 Å². The highest BCUT2D eigenvalue weighted by atomic mass is 16.1. The van der Waals surface area contributed by atoms with E-state index >= 15 is 0 Å². The fourth-order valence-electron chi connectivity index (χ4n) is 3.13. The third-order valence-corrected chi connectivity index (χ3v) is 4.23. The van der Waals surface area contributed by atoms with Crippen LogP contribution in [0.15, 0.2) is 0 Å². The van der Waals surface area contributed by atoms with Crippen LogP contribution in [-0.4, -0.2) is 30.4 Å². The predicted molar refractivity (Wildman–Crippen MR) is 64.9 cm³/mol. The first-order valence-corrected chi connectivity index (χ1v) is 6.77. The molecule has 1 heterocycles. The zero-order chi connectivity index (χ0) is 11.4. The van der Waals surface area contributed by atoms with Gasteiger partial charge in [0.2, 0.25) is 5.91 Å². The van der Waals surface area contributed by atoms with E-state index in [1.54, 1.807) is 0 Å². The Bertz CT molecular complexity index is 228. The molecule has 0 spiro atoms. The summed E-state index contributed by atoms with van der Waals surface area (Å²) >= 11 is 0. The average molecular weight is 224 g/mol. The van der Waals surface area contributed by atoms with Crippen LogP contribution in [0.1, 0.15) is 44.9 Å². The van der Waals surface area contributed by atoms with E-state index in [1.807, 2.05) is 0 Å². The third-order valence-electron chi connectivity index (χ3n) is 4.23. The van der Waals surface area contributed by atoms with Gasteiger partial charge in [-0.05, 0) is 44.7 Å². The van der Waals surface area contributed by atoms with Crippen LogP contribution in [0.3, 0.4) is 0 Å². The van der Waals surface area contributed by atoms with Gasteiger partial charge in [-0.3, -0.25) is 4.79 Å². The molecule has 0 aromatic rings. The van der Waals surface area contributed by atoms with Gasteiger partial charge >= 0.3 is 0 Å². The zero-order valence-corrected chi connectivity index (χ0v) is 10.2. The average Bonchev–Trinajstić information content (AvgIpc) is 2.31. The van der Waals surface area contributed by atoms with Crippen LogP contribution in [0.5, 0.6) is 0 Å². The number of primary amides is 1. The Morgan fingerprint density at radius 2 is 1.69 bits per heavy atom. The van der Waals surface area contributed by atoms with Crippen molar-refractivity contribution in [3.05, 3.63) is 0 Å². The molecule has 0 aromatic heterocycles. The van der Waals surface area contributed by atoms with Crippen LogP contribution >= 0.6 is 0 Å². The van der Waals surface area contributed by atoms with Gasteiger partial charge in [0.1, 0.15) is 0 Å². The summed E-state index contributed by atoms with van der Waals surface area (Å²) in [6, 6.07) is 0. The number of hydrogen-bond acceptors (Lipinski definition) is 2. The minimum atomic E-state index is -0.0997. The van der Waals surface area contributed by atoms with Crippen molar-refractivity contribution in [3.63, 3.8) is 0 Å². The summed E-state index contributed by atoms with van der Waals surface area (Å²) in [6.45, 7) is 3.40. The highest BCUT2D eigenvalue weighted by molar-refractivity contribution is 5.76. The number of hydrogen-bond donors (Lipinski definition) is 1. The lowest BCUT2D eigenvalue weighted by molar-refractivity contribution is -0.123. The summed E-state index contributed by atoms with van der Waals surface area (Å²) < 4.78 is 0. The van der Waals surface area contributed by atoms with Crippen LogP contribution in [0.4, 0.5) is 0 Å². The van der Waals surface area contributed by atoms with Gasteiger partial charge in [-0.1, -0.05) is 19.3 Å². The first-order valence-electron chi connectivity index (χ1n) is 6.77. The molecule has 1 saturated heterocycles. The van der Waals surface area contributed by atoms with E-state index in [1.165, 1.54) is 38.6 Å². The molecule has 1 aliphatic heterocycles. The van der Waals surface area contributed by atoms with Crippen molar-refractivity contribution in [1.82, 2.24) is 4.90 Å². The van der Waals surface area contributed by atoms with E-state index in [-0.39, 0.29) is 11.8 Å². The van der Waals surface area contributed by atoms with Crippen LogP contribution in [0.25, 0.3) is 0 Å². The molecule has 1 amide bonds. The summed E-state index contributed by atoms with van der Waals surface area (Å²) in [4.78, 5) is 13.6. The fraction of sp³-hybridized carbons (Fsp3) is 0.923. The van der Waals surface area contributed by atoms with Crippen molar-refractivity contribution in [3.8, 4) is 0 Å². The Kier molecular flexibility index (Phi) is 4.22. The summed E-state index contributed by atoms with van der Waals surface area (Å²) in [5.74, 6) is 0.957. The van der Waals surface area contributed by atoms with Gasteiger partial charge in [0.05, 0.1) is 0 Å². The maximum atomic E-state index is 11.1. The van der Waals surface area contributed by atoms with Gasteiger partial charge in [-0.2, -0.15) is 0 Å². The predicted octanol–water partition coefficient (Wildman–Crippen LogP) is 1.76. The zero-order valence-electron chi connectivity index (χ0n) is 10.2. The number of amides is 1. The molecule has 0 bridgehead atoms. The number of piperidine rings is 1. The van der Waals surface area contributed by atoms with Crippen LogP contribution < -0.4 is 5.73 Å². The summed E-state index contributed by atoms with van der Waals surface area (Å²) in [7, 11) is 0. The molecule has 3 heteroatoms. The quantitative estimate of drug-likeness (QED) is 0.794. The van der Waals surface area contributed by atoms with Gasteiger partial charge < -0.3 is 10.6 Å². The lowest BCUT2D eigenvalue weighted by atomic mass is 9.88. The number of rotatable bonds is 3. The van der Waals surface area contributed by atoms with Gasteiger partial charge in [-0.15, -0.1) is 0 Å². The second kappa shape index (κ2) is 5.67. The Hall–Kier alpha value is -0.570. The molecule has 3 nitrogen and oxygen atoms in total. The maximum absolute atomic E-state index is 11.1. The molecule has 2 aliphatic rings. The number of carbonyl (C=O) groups excluding carboxylic acids is 1. The largest absolute Gasteiger partial charge is 0.369 e. The monoisotopic (exact) mass is 224 g/mol. The summed E-state index contributed by atoms with van der Waals surface area (Å²) in [5, 5.41) is 0. The van der Waals surface area contributed by atoms with Gasteiger partial charge in [-0.25, -0.2) is 0 Å². The number of carbonyl (C=O) groups is 1. The van der Waals surface area contributed by atoms with E-state index in [4.69, 9.17) is 5.73 Å². The normalized spacial score (nSPS) is 25.8. The summed E-state index contributed by atoms with van der Waals surface area (Å²) in [6.07, 6.45) is 9.04. The van der Waals surface area contributed by atoms with E-state index in [9.17, 15) is 4.79 Å². The minimum absolute atomic E-state index is 0.0997. The number of nitrogens with zero attached hydrogens (tertiary/aromatic N) is 1. The van der Waals surface area contributed by atoms with Crippen LogP contribution in [0.2, 0.25) is 0 Å². The molecule has 1 saturated carbocycles. The van der Waals surface area contributed by atoms with Crippen molar-refractivity contribution in [1.29, 1.82) is 0 Å². The van der Waals surface area contributed by atoms with Crippen molar-refractivity contribution in [2.24, 2.45) is 17.6 Å². The first kappa shape index (κ1) is 11.9. The van der Waals surface area contributed by atoms with Gasteiger partial charge in [0.15, 0.2) is 0 Å². The molecular weight excluding hydrogens is 200 g/mol. The maximum Gasteiger partial charge on any atom is 0.220 e.